The first kappa shape index (κ1) is 18.0. The van der Waals surface area contributed by atoms with Gasteiger partial charge in [0.2, 0.25) is 0 Å². The number of ether oxygens (including phenoxy) is 2. The topological polar surface area (TPSA) is 105 Å². The van der Waals surface area contributed by atoms with Crippen LogP contribution in [0.25, 0.3) is 0 Å². The van der Waals surface area contributed by atoms with Crippen molar-refractivity contribution in [3.63, 3.8) is 0 Å². The molecule has 0 saturated carbocycles. The molecule has 0 saturated heterocycles. The van der Waals surface area contributed by atoms with Gasteiger partial charge >= 0.3 is 0 Å². The summed E-state index contributed by atoms with van der Waals surface area (Å²) in [6.07, 6.45) is 1.69. The largest absolute Gasteiger partial charge is 0.395 e. The number of nitrogens with one attached hydrogen (secondary N) is 2. The van der Waals surface area contributed by atoms with Crippen LogP contribution in [0.15, 0.2) is 0 Å². The quantitative estimate of drug-likeness (QED) is 0.565. The van der Waals surface area contributed by atoms with E-state index in [2.05, 4.69) is 21.7 Å². The number of pyridine rings is 1. The van der Waals surface area contributed by atoms with Crippen molar-refractivity contribution in [3.05, 3.63) is 11.1 Å². The van der Waals surface area contributed by atoms with Crippen LogP contribution in [0, 0.1) is 18.3 Å². The first-order valence-corrected chi connectivity index (χ1v) is 7.31. The normalized spacial score (nSPS) is 10.3. The summed E-state index contributed by atoms with van der Waals surface area (Å²) in [6.45, 7) is 4.55. The number of nitrogen functional groups attached to an aromatic ring is 1. The Labute approximate surface area is 131 Å². The second-order valence-electron chi connectivity index (χ2n) is 4.88. The summed E-state index contributed by atoms with van der Waals surface area (Å²) >= 11 is 0. The van der Waals surface area contributed by atoms with Crippen molar-refractivity contribution in [2.45, 2.75) is 19.8 Å². The number of rotatable bonds is 10. The molecule has 1 heterocycles. The number of hydrogen-bond acceptors (Lipinski definition) is 7. The molecular formula is C15H25N5O2. The van der Waals surface area contributed by atoms with E-state index < -0.39 is 0 Å². The first-order chi connectivity index (χ1) is 10.7. The maximum Gasteiger partial charge on any atom is 0.152 e. The van der Waals surface area contributed by atoms with Crippen molar-refractivity contribution in [1.29, 1.82) is 5.26 Å². The molecule has 0 unspecified atom stereocenters. The summed E-state index contributed by atoms with van der Waals surface area (Å²) < 4.78 is 10.0. The van der Waals surface area contributed by atoms with E-state index in [4.69, 9.17) is 15.2 Å². The second kappa shape index (κ2) is 9.82. The Hall–Kier alpha value is -2.04. The fourth-order valence-electron chi connectivity index (χ4n) is 1.96. The van der Waals surface area contributed by atoms with Crippen LogP contribution in [-0.4, -0.2) is 45.5 Å². The molecule has 22 heavy (non-hydrogen) atoms. The smallest absolute Gasteiger partial charge is 0.152 e. The molecule has 1 rings (SSSR count). The van der Waals surface area contributed by atoms with E-state index >= 15 is 0 Å². The Kier molecular flexibility index (Phi) is 8.04. The molecule has 0 aliphatic carbocycles. The van der Waals surface area contributed by atoms with Gasteiger partial charge in [-0.2, -0.15) is 5.26 Å². The molecule has 122 valence electrons. The summed E-state index contributed by atoms with van der Waals surface area (Å²) in [5.74, 6) is 1.15. The van der Waals surface area contributed by atoms with Crippen LogP contribution in [0.2, 0.25) is 0 Å². The minimum Gasteiger partial charge on any atom is -0.395 e. The summed E-state index contributed by atoms with van der Waals surface area (Å²) in [4.78, 5) is 4.45. The first-order valence-electron chi connectivity index (χ1n) is 7.31. The summed E-state index contributed by atoms with van der Waals surface area (Å²) in [5, 5.41) is 15.7. The fourth-order valence-corrected chi connectivity index (χ4v) is 1.96. The van der Waals surface area contributed by atoms with Gasteiger partial charge in [-0.05, 0) is 25.3 Å². The third-order valence-electron chi connectivity index (χ3n) is 3.24. The van der Waals surface area contributed by atoms with Crippen LogP contribution in [-0.2, 0) is 9.47 Å². The number of nitrogens with zero attached hydrogens (tertiary/aromatic N) is 2. The van der Waals surface area contributed by atoms with Crippen LogP contribution >= 0.6 is 0 Å². The third kappa shape index (κ3) is 5.06. The molecule has 4 N–H and O–H groups in total. The van der Waals surface area contributed by atoms with Gasteiger partial charge in [0, 0.05) is 40.5 Å². The highest BCUT2D eigenvalue weighted by Gasteiger charge is 2.14. The fraction of sp³-hybridized carbons (Fsp3) is 0.600. The molecule has 0 bridgehead atoms. The van der Waals surface area contributed by atoms with Gasteiger partial charge in [-0.1, -0.05) is 0 Å². The van der Waals surface area contributed by atoms with E-state index in [0.29, 0.717) is 49.2 Å². The minimum absolute atomic E-state index is 0.484. The van der Waals surface area contributed by atoms with Gasteiger partial charge in [0.25, 0.3) is 0 Å². The summed E-state index contributed by atoms with van der Waals surface area (Å²) in [7, 11) is 3.33. The third-order valence-corrected chi connectivity index (χ3v) is 3.24. The molecule has 1 aromatic heterocycles. The van der Waals surface area contributed by atoms with Crippen LogP contribution < -0.4 is 16.4 Å². The number of nitrogens with two attached hydrogens (primary N) is 1. The standard InChI is InChI=1S/C15H25N5O2/c1-11-12(10-16)14(18-6-4-8-21-2)20-15(13(11)17)19-7-5-9-22-3/h4-9,17H2,1-3H3,(H2,18,19,20). The molecule has 0 aliphatic heterocycles. The molecule has 0 fully saturated rings. The zero-order valence-electron chi connectivity index (χ0n) is 13.5. The van der Waals surface area contributed by atoms with E-state index in [0.717, 1.165) is 18.4 Å². The molecule has 0 aliphatic rings. The van der Waals surface area contributed by atoms with Gasteiger partial charge < -0.3 is 25.8 Å². The molecule has 0 radical (unpaired) electrons. The predicted molar refractivity (Wildman–Crippen MR) is 88.1 cm³/mol. The van der Waals surface area contributed by atoms with Crippen molar-refractivity contribution in [3.8, 4) is 6.07 Å². The van der Waals surface area contributed by atoms with Crippen LogP contribution in [0.1, 0.15) is 24.0 Å². The summed E-state index contributed by atoms with van der Waals surface area (Å²) in [5.41, 5.74) is 7.80. The number of methoxy groups -OCH3 is 2. The Morgan fingerprint density at radius 3 is 2.14 bits per heavy atom. The second-order valence-corrected chi connectivity index (χ2v) is 4.88. The van der Waals surface area contributed by atoms with Gasteiger partial charge in [0.05, 0.1) is 11.3 Å². The van der Waals surface area contributed by atoms with Gasteiger partial charge in [-0.15, -0.1) is 0 Å². The number of nitriles is 1. The summed E-state index contributed by atoms with van der Waals surface area (Å²) in [6, 6.07) is 2.17. The molecule has 0 atom stereocenters. The van der Waals surface area contributed by atoms with E-state index in [9.17, 15) is 5.26 Å². The molecular weight excluding hydrogens is 282 g/mol. The Morgan fingerprint density at radius 2 is 1.64 bits per heavy atom. The highest BCUT2D eigenvalue weighted by molar-refractivity contribution is 5.74. The average molecular weight is 307 g/mol. The van der Waals surface area contributed by atoms with Crippen molar-refractivity contribution in [1.82, 2.24) is 4.98 Å². The molecule has 7 heteroatoms. The lowest BCUT2D eigenvalue weighted by Crippen LogP contribution is -2.14. The highest BCUT2D eigenvalue weighted by Crippen LogP contribution is 2.28. The van der Waals surface area contributed by atoms with Gasteiger partial charge in [0.15, 0.2) is 5.82 Å². The van der Waals surface area contributed by atoms with Crippen molar-refractivity contribution in [2.75, 3.05) is 56.9 Å². The van der Waals surface area contributed by atoms with Crippen LogP contribution in [0.4, 0.5) is 17.3 Å². The van der Waals surface area contributed by atoms with E-state index in [-0.39, 0.29) is 0 Å². The Morgan fingerprint density at radius 1 is 1.09 bits per heavy atom. The van der Waals surface area contributed by atoms with Crippen LogP contribution in [0.3, 0.4) is 0 Å². The van der Waals surface area contributed by atoms with Gasteiger partial charge in [-0.3, -0.25) is 0 Å². The van der Waals surface area contributed by atoms with Crippen LogP contribution in [0.5, 0.6) is 0 Å². The van der Waals surface area contributed by atoms with E-state index in [1.165, 1.54) is 0 Å². The lowest BCUT2D eigenvalue weighted by Gasteiger charge is -2.15. The Balaban J connectivity index is 2.84. The lowest BCUT2D eigenvalue weighted by molar-refractivity contribution is 0.197. The predicted octanol–water partition coefficient (Wildman–Crippen LogP) is 1.74. The van der Waals surface area contributed by atoms with Crippen molar-refractivity contribution in [2.24, 2.45) is 0 Å². The van der Waals surface area contributed by atoms with Crippen molar-refractivity contribution >= 4 is 17.3 Å². The molecule has 1 aromatic rings. The number of hydrogen-bond donors (Lipinski definition) is 3. The van der Waals surface area contributed by atoms with E-state index in [1.807, 2.05) is 6.92 Å². The highest BCUT2D eigenvalue weighted by atomic mass is 16.5. The number of aromatic nitrogens is 1. The maximum absolute atomic E-state index is 9.32. The monoisotopic (exact) mass is 307 g/mol. The number of anilines is 3. The average Bonchev–Trinajstić information content (AvgIpc) is 2.52. The van der Waals surface area contributed by atoms with Gasteiger partial charge in [0.1, 0.15) is 11.9 Å². The SMILES string of the molecule is COCCCNc1nc(NCCCOC)c(C#N)c(C)c1N. The Bertz CT molecular complexity index is 514. The molecule has 7 nitrogen and oxygen atoms in total. The lowest BCUT2D eigenvalue weighted by atomic mass is 10.1. The molecule has 0 spiro atoms. The zero-order chi connectivity index (χ0) is 16.4. The molecule has 0 aromatic carbocycles. The van der Waals surface area contributed by atoms with Crippen molar-refractivity contribution < 1.29 is 9.47 Å². The van der Waals surface area contributed by atoms with Gasteiger partial charge in [-0.25, -0.2) is 4.98 Å². The molecule has 0 amide bonds. The van der Waals surface area contributed by atoms with E-state index in [1.54, 1.807) is 14.2 Å². The minimum atomic E-state index is 0.484. The zero-order valence-corrected chi connectivity index (χ0v) is 13.5. The maximum atomic E-state index is 9.32.